The molecule has 0 saturated carbocycles. The van der Waals surface area contributed by atoms with Crippen LogP contribution in [0.3, 0.4) is 0 Å². The maximum atomic E-state index is 12.9. The van der Waals surface area contributed by atoms with Crippen LogP contribution in [0.1, 0.15) is 30.0 Å². The van der Waals surface area contributed by atoms with E-state index < -0.39 is 6.04 Å². The first-order valence-electron chi connectivity index (χ1n) is 8.95. The van der Waals surface area contributed by atoms with Gasteiger partial charge in [-0.1, -0.05) is 48.0 Å². The molecule has 1 amide bonds. The molecule has 2 unspecified atom stereocenters. The van der Waals surface area contributed by atoms with Crippen LogP contribution in [0.15, 0.2) is 54.6 Å². The summed E-state index contributed by atoms with van der Waals surface area (Å²) in [6.45, 7) is 3.92. The highest BCUT2D eigenvalue weighted by Gasteiger charge is 2.29. The first-order chi connectivity index (χ1) is 12.1. The van der Waals surface area contributed by atoms with Crippen LogP contribution in [0.25, 0.3) is 0 Å². The van der Waals surface area contributed by atoms with E-state index in [0.29, 0.717) is 0 Å². The molecule has 2 atom stereocenters. The molecule has 2 aromatic rings. The average molecular weight is 410 g/mol. The Balaban J connectivity index is 0.00000182. The number of amides is 1. The number of piperidine rings is 1. The summed E-state index contributed by atoms with van der Waals surface area (Å²) in [4.78, 5) is 17.1. The quantitative estimate of drug-likeness (QED) is 0.830. The topological polar surface area (TPSA) is 49.6 Å². The molecule has 27 heavy (non-hydrogen) atoms. The van der Waals surface area contributed by atoms with Gasteiger partial charge in [0, 0.05) is 31.9 Å². The monoisotopic (exact) mass is 409 g/mol. The van der Waals surface area contributed by atoms with Gasteiger partial charge in [0.2, 0.25) is 5.91 Å². The number of anilines is 1. The second kappa shape index (κ2) is 10.5. The number of hydrogen-bond acceptors (Lipinski definition) is 3. The summed E-state index contributed by atoms with van der Waals surface area (Å²) >= 11 is 0. The van der Waals surface area contributed by atoms with E-state index in [0.717, 1.165) is 31.5 Å². The lowest BCUT2D eigenvalue weighted by Crippen LogP contribution is -2.50. The number of carbonyl (C=O) groups excluding carboxylic acids is 1. The first-order valence-corrected chi connectivity index (χ1v) is 8.95. The van der Waals surface area contributed by atoms with Gasteiger partial charge in [-0.25, -0.2) is 0 Å². The Morgan fingerprint density at radius 3 is 2.37 bits per heavy atom. The molecule has 148 valence electrons. The minimum absolute atomic E-state index is 0. The third-order valence-corrected chi connectivity index (χ3v) is 5.12. The van der Waals surface area contributed by atoms with Gasteiger partial charge < -0.3 is 15.5 Å². The van der Waals surface area contributed by atoms with E-state index >= 15 is 0 Å². The Kier molecular flexibility index (Phi) is 9.10. The van der Waals surface area contributed by atoms with Crippen molar-refractivity contribution in [3.8, 4) is 0 Å². The molecule has 6 heteroatoms. The van der Waals surface area contributed by atoms with Crippen molar-refractivity contribution in [3.05, 3.63) is 65.7 Å². The van der Waals surface area contributed by atoms with E-state index in [1.165, 1.54) is 11.3 Å². The number of halogens is 2. The average Bonchev–Trinajstić information content (AvgIpc) is 2.67. The third-order valence-electron chi connectivity index (χ3n) is 5.12. The molecule has 0 bridgehead atoms. The summed E-state index contributed by atoms with van der Waals surface area (Å²) in [7, 11) is 1.88. The molecule has 0 spiro atoms. The molecule has 0 radical (unpaired) electrons. The molecular formula is C21H29Cl2N3O. The summed E-state index contributed by atoms with van der Waals surface area (Å²) in [6.07, 6.45) is 2.10. The molecule has 1 heterocycles. The maximum absolute atomic E-state index is 12.9. The molecule has 4 nitrogen and oxygen atoms in total. The van der Waals surface area contributed by atoms with Gasteiger partial charge >= 0.3 is 0 Å². The SMILES string of the molecule is Cc1ccc(C(N)C(=O)N(C)C2CCCN(c3ccccc3)C2)cc1.Cl.Cl. The molecule has 0 aromatic heterocycles. The van der Waals surface area contributed by atoms with Gasteiger partial charge in [-0.3, -0.25) is 4.79 Å². The van der Waals surface area contributed by atoms with Crippen molar-refractivity contribution >= 4 is 36.4 Å². The molecular weight excluding hydrogens is 381 g/mol. The summed E-state index contributed by atoms with van der Waals surface area (Å²) < 4.78 is 0. The largest absolute Gasteiger partial charge is 0.369 e. The number of rotatable bonds is 4. The molecule has 1 aliphatic heterocycles. The van der Waals surface area contributed by atoms with Crippen LogP contribution in [-0.2, 0) is 4.79 Å². The zero-order valence-corrected chi connectivity index (χ0v) is 17.5. The number of likely N-dealkylation sites (N-methyl/N-ethyl adjacent to an activating group) is 1. The van der Waals surface area contributed by atoms with E-state index in [1.54, 1.807) is 0 Å². The molecule has 1 saturated heterocycles. The number of nitrogens with two attached hydrogens (primary N) is 1. The standard InChI is InChI=1S/C21H27N3O.2ClH/c1-16-10-12-17(13-11-16)20(22)21(25)23(2)19-9-6-14-24(15-19)18-7-4-3-5-8-18;;/h3-5,7-8,10-13,19-20H,6,9,14-15,22H2,1-2H3;2*1H. The lowest BCUT2D eigenvalue weighted by Gasteiger charge is -2.39. The van der Waals surface area contributed by atoms with Gasteiger partial charge in [-0.15, -0.1) is 24.8 Å². The second-order valence-electron chi connectivity index (χ2n) is 6.92. The molecule has 2 aromatic carbocycles. The van der Waals surface area contributed by atoms with Gasteiger partial charge in [0.25, 0.3) is 0 Å². The van der Waals surface area contributed by atoms with E-state index in [9.17, 15) is 4.79 Å². The van der Waals surface area contributed by atoms with E-state index in [2.05, 4.69) is 29.2 Å². The van der Waals surface area contributed by atoms with Gasteiger partial charge in [-0.05, 0) is 37.5 Å². The normalized spacial score (nSPS) is 17.3. The number of para-hydroxylation sites is 1. The Bertz CT molecular complexity index is 709. The fourth-order valence-corrected chi connectivity index (χ4v) is 3.46. The number of carbonyl (C=O) groups is 1. The van der Waals surface area contributed by atoms with Crippen molar-refractivity contribution in [2.75, 3.05) is 25.0 Å². The maximum Gasteiger partial charge on any atom is 0.244 e. The Morgan fingerprint density at radius 1 is 1.11 bits per heavy atom. The summed E-state index contributed by atoms with van der Waals surface area (Å²) in [6, 6.07) is 17.9. The van der Waals surface area contributed by atoms with Crippen LogP contribution >= 0.6 is 24.8 Å². The fourth-order valence-electron chi connectivity index (χ4n) is 3.46. The van der Waals surface area contributed by atoms with Crippen molar-refractivity contribution in [1.82, 2.24) is 4.90 Å². The van der Waals surface area contributed by atoms with Gasteiger partial charge in [-0.2, -0.15) is 0 Å². The van der Waals surface area contributed by atoms with Crippen LogP contribution in [0.2, 0.25) is 0 Å². The highest BCUT2D eigenvalue weighted by atomic mass is 35.5. The summed E-state index contributed by atoms with van der Waals surface area (Å²) in [5, 5.41) is 0. The van der Waals surface area contributed by atoms with Gasteiger partial charge in [0.05, 0.1) is 0 Å². The smallest absolute Gasteiger partial charge is 0.244 e. The summed E-state index contributed by atoms with van der Waals surface area (Å²) in [5.74, 6) is -0.0104. The van der Waals surface area contributed by atoms with Gasteiger partial charge in [0.15, 0.2) is 0 Å². The fraction of sp³-hybridized carbons (Fsp3) is 0.381. The van der Waals surface area contributed by atoms with Crippen molar-refractivity contribution in [2.45, 2.75) is 31.8 Å². The number of aryl methyl sites for hydroxylation is 1. The highest BCUT2D eigenvalue weighted by Crippen LogP contribution is 2.23. The highest BCUT2D eigenvalue weighted by molar-refractivity contribution is 5.85. The van der Waals surface area contributed by atoms with Crippen molar-refractivity contribution in [3.63, 3.8) is 0 Å². The first kappa shape index (κ1) is 23.3. The molecule has 3 rings (SSSR count). The number of nitrogens with zero attached hydrogens (tertiary/aromatic N) is 2. The van der Waals surface area contributed by atoms with Crippen LogP contribution in [0.5, 0.6) is 0 Å². The number of hydrogen-bond donors (Lipinski definition) is 1. The van der Waals surface area contributed by atoms with Crippen LogP contribution in [-0.4, -0.2) is 37.0 Å². The zero-order chi connectivity index (χ0) is 17.8. The lowest BCUT2D eigenvalue weighted by molar-refractivity contribution is -0.133. The predicted octanol–water partition coefficient (Wildman–Crippen LogP) is 3.97. The Hall–Kier alpha value is -1.75. The van der Waals surface area contributed by atoms with Crippen molar-refractivity contribution in [1.29, 1.82) is 0 Å². The molecule has 0 aliphatic carbocycles. The molecule has 1 aliphatic rings. The third kappa shape index (κ3) is 5.61. The Morgan fingerprint density at radius 2 is 1.74 bits per heavy atom. The lowest BCUT2D eigenvalue weighted by atomic mass is 10.0. The molecule has 2 N–H and O–H groups in total. The van der Waals surface area contributed by atoms with Gasteiger partial charge in [0.1, 0.15) is 6.04 Å². The van der Waals surface area contributed by atoms with E-state index in [4.69, 9.17) is 5.73 Å². The summed E-state index contributed by atoms with van der Waals surface area (Å²) in [5.41, 5.74) is 9.50. The second-order valence-corrected chi connectivity index (χ2v) is 6.92. The molecule has 1 fully saturated rings. The minimum Gasteiger partial charge on any atom is -0.369 e. The predicted molar refractivity (Wildman–Crippen MR) is 117 cm³/mol. The van der Waals surface area contributed by atoms with Crippen LogP contribution < -0.4 is 10.6 Å². The van der Waals surface area contributed by atoms with E-state index in [-0.39, 0.29) is 36.8 Å². The van der Waals surface area contributed by atoms with Crippen LogP contribution in [0, 0.1) is 6.92 Å². The minimum atomic E-state index is -0.599. The zero-order valence-electron chi connectivity index (χ0n) is 15.9. The van der Waals surface area contributed by atoms with Crippen molar-refractivity contribution < 1.29 is 4.79 Å². The van der Waals surface area contributed by atoms with Crippen LogP contribution in [0.4, 0.5) is 5.69 Å². The Labute approximate surface area is 174 Å². The van der Waals surface area contributed by atoms with E-state index in [1.807, 2.05) is 49.2 Å². The van der Waals surface area contributed by atoms with Crippen molar-refractivity contribution in [2.24, 2.45) is 5.73 Å². The number of benzene rings is 2.